The van der Waals surface area contributed by atoms with E-state index in [-0.39, 0.29) is 30.4 Å². The number of carbonyl (C=O) groups excluding carboxylic acids is 2. The number of amides is 2. The van der Waals surface area contributed by atoms with Crippen LogP contribution >= 0.6 is 0 Å². The fraction of sp³-hybridized carbons (Fsp3) is 0.421. The molecule has 2 aromatic rings. The maximum Gasteiger partial charge on any atom is 0.271 e. The van der Waals surface area contributed by atoms with Crippen molar-refractivity contribution in [2.75, 3.05) is 19.7 Å². The molecule has 26 heavy (non-hydrogen) atoms. The summed E-state index contributed by atoms with van der Waals surface area (Å²) in [7, 11) is 0. The number of likely N-dealkylation sites (tertiary alicyclic amines) is 1. The van der Waals surface area contributed by atoms with Gasteiger partial charge < -0.3 is 15.3 Å². The molecule has 138 valence electrons. The van der Waals surface area contributed by atoms with Crippen LogP contribution in [0.2, 0.25) is 0 Å². The Balaban J connectivity index is 1.77. The molecule has 2 atom stereocenters. The van der Waals surface area contributed by atoms with Gasteiger partial charge in [-0.2, -0.15) is 5.10 Å². The van der Waals surface area contributed by atoms with Gasteiger partial charge in [-0.15, -0.1) is 0 Å². The van der Waals surface area contributed by atoms with E-state index in [2.05, 4.69) is 21.6 Å². The number of benzene rings is 1. The molecule has 7 heteroatoms. The number of aryl methyl sites for hydroxylation is 2. The molecule has 2 amide bonds. The largest absolute Gasteiger partial charge is 0.396 e. The van der Waals surface area contributed by atoms with E-state index in [9.17, 15) is 14.7 Å². The summed E-state index contributed by atoms with van der Waals surface area (Å²) < 4.78 is 0. The molecule has 0 radical (unpaired) electrons. The Morgan fingerprint density at radius 1 is 1.31 bits per heavy atom. The number of aromatic amines is 1. The lowest BCUT2D eigenvalue weighted by atomic mass is 10.0. The second-order valence-corrected chi connectivity index (χ2v) is 6.95. The van der Waals surface area contributed by atoms with Gasteiger partial charge in [-0.05, 0) is 25.5 Å². The van der Waals surface area contributed by atoms with Crippen molar-refractivity contribution in [3.05, 3.63) is 41.1 Å². The number of rotatable bonds is 4. The van der Waals surface area contributed by atoms with Gasteiger partial charge in [-0.3, -0.25) is 14.7 Å². The highest BCUT2D eigenvalue weighted by molar-refractivity contribution is 5.93. The number of aliphatic hydroxyl groups excluding tert-OH is 1. The van der Waals surface area contributed by atoms with E-state index in [0.717, 1.165) is 16.8 Å². The van der Waals surface area contributed by atoms with Crippen molar-refractivity contribution < 1.29 is 14.7 Å². The van der Waals surface area contributed by atoms with Crippen molar-refractivity contribution in [3.63, 3.8) is 0 Å². The molecule has 1 fully saturated rings. The Labute approximate surface area is 152 Å². The third-order valence-electron chi connectivity index (χ3n) is 4.82. The predicted molar refractivity (Wildman–Crippen MR) is 97.6 cm³/mol. The summed E-state index contributed by atoms with van der Waals surface area (Å²) in [5.41, 5.74) is 4.39. The van der Waals surface area contributed by atoms with Gasteiger partial charge >= 0.3 is 0 Å². The van der Waals surface area contributed by atoms with Crippen LogP contribution in [-0.4, -0.2) is 57.8 Å². The molecule has 1 aromatic carbocycles. The van der Waals surface area contributed by atoms with Gasteiger partial charge in [0.25, 0.3) is 5.91 Å². The number of nitrogens with zero attached hydrogens (tertiary/aromatic N) is 2. The molecule has 3 N–H and O–H groups in total. The van der Waals surface area contributed by atoms with Gasteiger partial charge in [0.1, 0.15) is 5.69 Å². The number of hydrogen-bond acceptors (Lipinski definition) is 4. The highest BCUT2D eigenvalue weighted by atomic mass is 16.3. The minimum Gasteiger partial charge on any atom is -0.396 e. The van der Waals surface area contributed by atoms with Crippen LogP contribution in [0.1, 0.15) is 28.5 Å². The zero-order valence-electron chi connectivity index (χ0n) is 15.2. The fourth-order valence-corrected chi connectivity index (χ4v) is 3.49. The zero-order valence-corrected chi connectivity index (χ0v) is 15.2. The van der Waals surface area contributed by atoms with E-state index in [1.165, 1.54) is 12.5 Å². The molecule has 2 heterocycles. The number of H-pyrrole nitrogens is 1. The molecule has 1 saturated heterocycles. The zero-order chi connectivity index (χ0) is 18.8. The number of carbonyl (C=O) groups is 2. The molecule has 0 bridgehead atoms. The summed E-state index contributed by atoms with van der Waals surface area (Å²) in [6, 6.07) is 7.61. The van der Waals surface area contributed by atoms with Gasteiger partial charge in [-0.25, -0.2) is 0 Å². The first-order valence-electron chi connectivity index (χ1n) is 8.69. The summed E-state index contributed by atoms with van der Waals surface area (Å²) in [5.74, 6) is -0.508. The summed E-state index contributed by atoms with van der Waals surface area (Å²) in [6.45, 7) is 6.19. The number of hydrogen-bond donors (Lipinski definition) is 3. The summed E-state index contributed by atoms with van der Waals surface area (Å²) in [5, 5.41) is 19.4. The molecule has 3 rings (SSSR count). The van der Waals surface area contributed by atoms with Crippen molar-refractivity contribution in [2.45, 2.75) is 26.8 Å². The molecule has 0 saturated carbocycles. The number of aliphatic hydroxyl groups is 1. The smallest absolute Gasteiger partial charge is 0.271 e. The molecular formula is C19H24N4O3. The van der Waals surface area contributed by atoms with Crippen molar-refractivity contribution in [2.24, 2.45) is 5.92 Å². The Morgan fingerprint density at radius 3 is 2.73 bits per heavy atom. The average molecular weight is 356 g/mol. The van der Waals surface area contributed by atoms with E-state index in [0.29, 0.717) is 18.8 Å². The van der Waals surface area contributed by atoms with Crippen LogP contribution in [0.4, 0.5) is 0 Å². The van der Waals surface area contributed by atoms with Crippen molar-refractivity contribution in [1.82, 2.24) is 20.4 Å². The monoisotopic (exact) mass is 356 g/mol. The molecule has 7 nitrogen and oxygen atoms in total. The first-order chi connectivity index (χ1) is 12.4. The summed E-state index contributed by atoms with van der Waals surface area (Å²) >= 11 is 0. The maximum atomic E-state index is 12.8. The Hall–Kier alpha value is -2.67. The van der Waals surface area contributed by atoms with E-state index >= 15 is 0 Å². The van der Waals surface area contributed by atoms with Gasteiger partial charge in [0.2, 0.25) is 5.91 Å². The Morgan fingerprint density at radius 2 is 2.08 bits per heavy atom. The maximum absolute atomic E-state index is 12.8. The van der Waals surface area contributed by atoms with Crippen molar-refractivity contribution >= 4 is 11.8 Å². The highest BCUT2D eigenvalue weighted by Gasteiger charge is 2.36. The predicted octanol–water partition coefficient (Wildman–Crippen LogP) is 1.26. The third-order valence-corrected chi connectivity index (χ3v) is 4.82. The number of aromatic nitrogens is 2. The second-order valence-electron chi connectivity index (χ2n) is 6.95. The highest BCUT2D eigenvalue weighted by Crippen LogP contribution is 2.24. The van der Waals surface area contributed by atoms with Crippen molar-refractivity contribution in [1.29, 1.82) is 0 Å². The molecule has 0 spiro atoms. The molecular weight excluding hydrogens is 332 g/mol. The summed E-state index contributed by atoms with van der Waals surface area (Å²) in [6.07, 6.45) is 0. The van der Waals surface area contributed by atoms with Gasteiger partial charge in [0.05, 0.1) is 11.7 Å². The molecule has 0 aliphatic carbocycles. The standard InChI is InChI=1S/C19H24N4O3/c1-11-4-5-15(12(2)6-11)16-7-17(22-21-16)19(26)23-8-14(10-24)18(9-23)20-13(3)25/h4-7,14,18,24H,8-10H2,1-3H3,(H,20,25)(H,21,22)/t14-,18+/m0/s1. The van der Waals surface area contributed by atoms with E-state index in [1.807, 2.05) is 26.0 Å². The average Bonchev–Trinajstić information content (AvgIpc) is 3.21. The van der Waals surface area contributed by atoms with Crippen LogP contribution in [0.5, 0.6) is 0 Å². The minimum absolute atomic E-state index is 0.0779. The second kappa shape index (κ2) is 7.29. The van der Waals surface area contributed by atoms with E-state index in [4.69, 9.17) is 0 Å². The SMILES string of the molecule is CC(=O)N[C@@H]1CN(C(=O)c2cc(-c3ccc(C)cc3C)n[nH]2)C[C@H]1CO. The van der Waals surface area contributed by atoms with Crippen LogP contribution in [-0.2, 0) is 4.79 Å². The topological polar surface area (TPSA) is 98.3 Å². The Kier molecular flexibility index (Phi) is 5.08. The van der Waals surface area contributed by atoms with Crippen LogP contribution in [0.3, 0.4) is 0 Å². The number of nitrogens with one attached hydrogen (secondary N) is 2. The van der Waals surface area contributed by atoms with E-state index < -0.39 is 0 Å². The molecule has 1 aliphatic rings. The molecule has 1 aromatic heterocycles. The van der Waals surface area contributed by atoms with Crippen molar-refractivity contribution in [3.8, 4) is 11.3 Å². The Bertz CT molecular complexity index is 830. The van der Waals surface area contributed by atoms with Crippen LogP contribution in [0.15, 0.2) is 24.3 Å². The summed E-state index contributed by atoms with van der Waals surface area (Å²) in [4.78, 5) is 25.7. The first kappa shape index (κ1) is 18.1. The molecule has 0 unspecified atom stereocenters. The van der Waals surface area contributed by atoms with Crippen LogP contribution < -0.4 is 5.32 Å². The van der Waals surface area contributed by atoms with Crippen LogP contribution in [0.25, 0.3) is 11.3 Å². The lowest BCUT2D eigenvalue weighted by Crippen LogP contribution is -2.40. The van der Waals surface area contributed by atoms with Gasteiger partial charge in [-0.1, -0.05) is 23.8 Å². The van der Waals surface area contributed by atoms with Gasteiger partial charge in [0.15, 0.2) is 0 Å². The molecule has 1 aliphatic heterocycles. The van der Waals surface area contributed by atoms with Crippen LogP contribution in [0, 0.1) is 19.8 Å². The first-order valence-corrected chi connectivity index (χ1v) is 8.69. The lowest BCUT2D eigenvalue weighted by Gasteiger charge is -2.16. The quantitative estimate of drug-likeness (QED) is 0.768. The lowest BCUT2D eigenvalue weighted by molar-refractivity contribution is -0.119. The fourth-order valence-electron chi connectivity index (χ4n) is 3.49. The normalized spacial score (nSPS) is 19.6. The third kappa shape index (κ3) is 3.62. The van der Waals surface area contributed by atoms with Gasteiger partial charge in [0, 0.05) is 38.1 Å². The van der Waals surface area contributed by atoms with E-state index in [1.54, 1.807) is 11.0 Å². The minimum atomic E-state index is -0.233.